The van der Waals surface area contributed by atoms with E-state index in [2.05, 4.69) is 5.32 Å². The third-order valence-corrected chi connectivity index (χ3v) is 4.55. The lowest BCUT2D eigenvalue weighted by atomic mass is 10.2. The van der Waals surface area contributed by atoms with Crippen molar-refractivity contribution in [2.45, 2.75) is 13.5 Å². The van der Waals surface area contributed by atoms with Gasteiger partial charge in [0.15, 0.2) is 0 Å². The fourth-order valence-corrected chi connectivity index (χ4v) is 3.03. The maximum Gasteiger partial charge on any atom is 0.251 e. The molecule has 2 aromatic carbocycles. The Morgan fingerprint density at radius 2 is 1.81 bits per heavy atom. The smallest absolute Gasteiger partial charge is 0.251 e. The normalized spacial score (nSPS) is 10.3. The summed E-state index contributed by atoms with van der Waals surface area (Å²) in [6.45, 7) is 3.38. The van der Waals surface area contributed by atoms with Gasteiger partial charge in [0.25, 0.3) is 5.91 Å². The van der Waals surface area contributed by atoms with Crippen LogP contribution in [0.4, 0.5) is 0 Å². The van der Waals surface area contributed by atoms with Gasteiger partial charge in [-0.15, -0.1) is 11.3 Å². The van der Waals surface area contributed by atoms with Gasteiger partial charge in [-0.05, 0) is 54.3 Å². The van der Waals surface area contributed by atoms with Gasteiger partial charge < -0.3 is 14.8 Å². The summed E-state index contributed by atoms with van der Waals surface area (Å²) in [4.78, 5) is 13.4. The first-order chi connectivity index (χ1) is 12.7. The van der Waals surface area contributed by atoms with Crippen LogP contribution in [0.25, 0.3) is 0 Å². The highest BCUT2D eigenvalue weighted by Gasteiger charge is 2.07. The molecule has 0 radical (unpaired) electrons. The molecule has 5 heteroatoms. The number of hydrogen-bond acceptors (Lipinski definition) is 4. The van der Waals surface area contributed by atoms with Gasteiger partial charge in [-0.2, -0.15) is 0 Å². The zero-order valence-corrected chi connectivity index (χ0v) is 15.4. The fourth-order valence-electron chi connectivity index (χ4n) is 2.42. The molecule has 3 aromatic rings. The SMILES string of the molecule is Cc1cccc(OCCNC(=O)c2cccc(OCc3cccs3)c2)c1. The lowest BCUT2D eigenvalue weighted by molar-refractivity contribution is 0.0946. The Hall–Kier alpha value is -2.79. The third-order valence-electron chi connectivity index (χ3n) is 3.70. The highest BCUT2D eigenvalue weighted by atomic mass is 32.1. The number of carbonyl (C=O) groups is 1. The first-order valence-corrected chi connectivity index (χ1v) is 9.31. The number of thiophene rings is 1. The first-order valence-electron chi connectivity index (χ1n) is 8.43. The zero-order chi connectivity index (χ0) is 18.2. The minimum Gasteiger partial charge on any atom is -0.492 e. The van der Waals surface area contributed by atoms with Crippen LogP contribution in [0.3, 0.4) is 0 Å². The molecule has 134 valence electrons. The standard InChI is InChI=1S/C21H21NO3S/c1-16-5-2-7-18(13-16)24-11-10-22-21(23)17-6-3-8-19(14-17)25-15-20-9-4-12-26-20/h2-9,12-14H,10-11,15H2,1H3,(H,22,23). The molecule has 0 saturated heterocycles. The van der Waals surface area contributed by atoms with Crippen LogP contribution in [-0.4, -0.2) is 19.1 Å². The second kappa shape index (κ2) is 9.06. The van der Waals surface area contributed by atoms with Crippen molar-refractivity contribution in [1.82, 2.24) is 5.32 Å². The van der Waals surface area contributed by atoms with Gasteiger partial charge in [-0.25, -0.2) is 0 Å². The molecular formula is C21H21NO3S. The predicted molar refractivity (Wildman–Crippen MR) is 104 cm³/mol. The largest absolute Gasteiger partial charge is 0.492 e. The number of carbonyl (C=O) groups excluding carboxylic acids is 1. The molecule has 0 fully saturated rings. The Balaban J connectivity index is 1.46. The highest BCUT2D eigenvalue weighted by Crippen LogP contribution is 2.17. The Kier molecular flexibility index (Phi) is 6.28. The van der Waals surface area contributed by atoms with Crippen molar-refractivity contribution >= 4 is 17.2 Å². The van der Waals surface area contributed by atoms with Crippen molar-refractivity contribution in [1.29, 1.82) is 0 Å². The monoisotopic (exact) mass is 367 g/mol. The number of rotatable bonds is 8. The van der Waals surface area contributed by atoms with E-state index < -0.39 is 0 Å². The van der Waals surface area contributed by atoms with Gasteiger partial charge in [-0.1, -0.05) is 24.3 Å². The summed E-state index contributed by atoms with van der Waals surface area (Å²) >= 11 is 1.65. The minimum absolute atomic E-state index is 0.139. The molecule has 0 saturated carbocycles. The van der Waals surface area contributed by atoms with Gasteiger partial charge in [0.2, 0.25) is 0 Å². The van der Waals surface area contributed by atoms with E-state index in [1.54, 1.807) is 23.5 Å². The first kappa shape index (κ1) is 18.0. The van der Waals surface area contributed by atoms with Gasteiger partial charge in [-0.3, -0.25) is 4.79 Å². The molecule has 4 nitrogen and oxygen atoms in total. The van der Waals surface area contributed by atoms with Crippen molar-refractivity contribution in [3.05, 3.63) is 82.0 Å². The van der Waals surface area contributed by atoms with Crippen LogP contribution in [0, 0.1) is 6.92 Å². The van der Waals surface area contributed by atoms with E-state index in [0.717, 1.165) is 16.2 Å². The average Bonchev–Trinajstić information content (AvgIpc) is 3.17. The molecule has 1 N–H and O–H groups in total. The predicted octanol–water partition coefficient (Wildman–Crippen LogP) is 4.44. The van der Waals surface area contributed by atoms with Crippen LogP contribution in [0.2, 0.25) is 0 Å². The van der Waals surface area contributed by atoms with E-state index >= 15 is 0 Å². The molecule has 0 aliphatic carbocycles. The third kappa shape index (κ3) is 5.36. The number of ether oxygens (including phenoxy) is 2. The second-order valence-corrected chi connectivity index (χ2v) is 6.85. The number of amides is 1. The van der Waals surface area contributed by atoms with Gasteiger partial charge in [0, 0.05) is 10.4 Å². The number of benzene rings is 2. The molecule has 3 rings (SSSR count). The van der Waals surface area contributed by atoms with E-state index in [1.165, 1.54) is 0 Å². The molecule has 1 heterocycles. The van der Waals surface area contributed by atoms with Crippen molar-refractivity contribution in [3.8, 4) is 11.5 Å². The van der Waals surface area contributed by atoms with E-state index in [9.17, 15) is 4.79 Å². The van der Waals surface area contributed by atoms with Crippen LogP contribution in [0.1, 0.15) is 20.8 Å². The molecule has 1 aromatic heterocycles. The van der Waals surface area contributed by atoms with Crippen LogP contribution in [0.15, 0.2) is 66.0 Å². The van der Waals surface area contributed by atoms with Gasteiger partial charge >= 0.3 is 0 Å². The fraction of sp³-hybridized carbons (Fsp3) is 0.190. The van der Waals surface area contributed by atoms with E-state index in [-0.39, 0.29) is 5.91 Å². The molecule has 0 bridgehead atoms. The minimum atomic E-state index is -0.139. The molecule has 0 spiro atoms. The molecule has 0 atom stereocenters. The van der Waals surface area contributed by atoms with Crippen molar-refractivity contribution < 1.29 is 14.3 Å². The van der Waals surface area contributed by atoms with Crippen LogP contribution in [-0.2, 0) is 6.61 Å². The maximum atomic E-state index is 12.3. The molecule has 0 aliphatic heterocycles. The quantitative estimate of drug-likeness (QED) is 0.599. The van der Waals surface area contributed by atoms with E-state index in [1.807, 2.05) is 60.8 Å². The lowest BCUT2D eigenvalue weighted by Gasteiger charge is -2.09. The molecule has 0 unspecified atom stereocenters. The molecular weight excluding hydrogens is 346 g/mol. The number of aryl methyl sites for hydroxylation is 1. The van der Waals surface area contributed by atoms with Gasteiger partial charge in [0.1, 0.15) is 24.7 Å². The zero-order valence-electron chi connectivity index (χ0n) is 14.6. The van der Waals surface area contributed by atoms with E-state index in [4.69, 9.17) is 9.47 Å². The summed E-state index contributed by atoms with van der Waals surface area (Å²) in [5.41, 5.74) is 1.72. The highest BCUT2D eigenvalue weighted by molar-refractivity contribution is 7.09. The summed E-state index contributed by atoms with van der Waals surface area (Å²) in [6, 6.07) is 19.1. The topological polar surface area (TPSA) is 47.6 Å². The molecule has 26 heavy (non-hydrogen) atoms. The van der Waals surface area contributed by atoms with Crippen LogP contribution < -0.4 is 14.8 Å². The van der Waals surface area contributed by atoms with Crippen LogP contribution in [0.5, 0.6) is 11.5 Å². The second-order valence-electron chi connectivity index (χ2n) is 5.82. The Bertz CT molecular complexity index is 846. The van der Waals surface area contributed by atoms with Crippen molar-refractivity contribution in [2.24, 2.45) is 0 Å². The average molecular weight is 367 g/mol. The van der Waals surface area contributed by atoms with Crippen LogP contribution >= 0.6 is 11.3 Å². The Morgan fingerprint density at radius 3 is 2.58 bits per heavy atom. The number of hydrogen-bond donors (Lipinski definition) is 1. The van der Waals surface area contributed by atoms with E-state index in [0.29, 0.717) is 31.1 Å². The van der Waals surface area contributed by atoms with Gasteiger partial charge in [0.05, 0.1) is 6.54 Å². The Morgan fingerprint density at radius 1 is 1.00 bits per heavy atom. The Labute approximate surface area is 157 Å². The summed E-state index contributed by atoms with van der Waals surface area (Å²) in [5, 5.41) is 4.88. The summed E-state index contributed by atoms with van der Waals surface area (Å²) in [5.74, 6) is 1.35. The maximum absolute atomic E-state index is 12.3. The summed E-state index contributed by atoms with van der Waals surface area (Å²) in [7, 11) is 0. The van der Waals surface area contributed by atoms with Crippen molar-refractivity contribution in [2.75, 3.05) is 13.2 Å². The summed E-state index contributed by atoms with van der Waals surface area (Å²) in [6.07, 6.45) is 0. The molecule has 1 amide bonds. The lowest BCUT2D eigenvalue weighted by Crippen LogP contribution is -2.28. The number of nitrogens with one attached hydrogen (secondary N) is 1. The van der Waals surface area contributed by atoms with Crippen molar-refractivity contribution in [3.63, 3.8) is 0 Å². The summed E-state index contributed by atoms with van der Waals surface area (Å²) < 4.78 is 11.4. The molecule has 0 aliphatic rings.